The lowest BCUT2D eigenvalue weighted by Gasteiger charge is -2.12. The molecule has 0 aliphatic heterocycles. The number of unbranched alkanes of at least 4 members (excludes halogenated alkanes) is 1. The highest BCUT2D eigenvalue weighted by atomic mass is 16.5. The third-order valence-electron chi connectivity index (χ3n) is 6.37. The number of aromatic carboxylic acids is 1. The molecule has 0 aliphatic carbocycles. The third-order valence-corrected chi connectivity index (χ3v) is 6.37. The molecule has 174 valence electrons. The number of esters is 1. The molecule has 0 atom stereocenters. The van der Waals surface area contributed by atoms with Crippen LogP contribution in [0.25, 0.3) is 22.0 Å². The number of benzene rings is 3. The summed E-state index contributed by atoms with van der Waals surface area (Å²) >= 11 is 0. The molecule has 5 nitrogen and oxygen atoms in total. The Morgan fingerprint density at radius 2 is 1.71 bits per heavy atom. The molecule has 5 heteroatoms. The van der Waals surface area contributed by atoms with Gasteiger partial charge in [-0.05, 0) is 66.8 Å². The topological polar surface area (TPSA) is 68.5 Å². The number of rotatable bonds is 8. The molecule has 1 heterocycles. The van der Waals surface area contributed by atoms with Gasteiger partial charge in [0.2, 0.25) is 0 Å². The van der Waals surface area contributed by atoms with E-state index in [1.807, 2.05) is 43.3 Å². The summed E-state index contributed by atoms with van der Waals surface area (Å²) in [5.41, 5.74) is 7.02. The summed E-state index contributed by atoms with van der Waals surface area (Å²) in [5.74, 6) is -1.21. The maximum Gasteiger partial charge on any atom is 0.338 e. The van der Waals surface area contributed by atoms with E-state index in [0.29, 0.717) is 24.3 Å². The number of ether oxygens (including phenoxy) is 1. The molecule has 0 unspecified atom stereocenters. The van der Waals surface area contributed by atoms with Gasteiger partial charge in [0, 0.05) is 23.1 Å². The number of fused-ring (bicyclic) bond motifs is 1. The predicted molar refractivity (Wildman–Crippen MR) is 135 cm³/mol. The van der Waals surface area contributed by atoms with Crippen molar-refractivity contribution in [2.75, 3.05) is 6.61 Å². The molecular formula is C29H29NO4. The zero-order valence-corrected chi connectivity index (χ0v) is 19.8. The van der Waals surface area contributed by atoms with Crippen molar-refractivity contribution in [3.05, 3.63) is 94.7 Å². The van der Waals surface area contributed by atoms with Crippen LogP contribution in [0.2, 0.25) is 0 Å². The number of carbonyl (C=O) groups excluding carboxylic acids is 1. The van der Waals surface area contributed by atoms with Gasteiger partial charge in [-0.15, -0.1) is 0 Å². The number of aromatic nitrogens is 1. The maximum atomic E-state index is 12.6. The van der Waals surface area contributed by atoms with Crippen LogP contribution in [-0.4, -0.2) is 28.2 Å². The van der Waals surface area contributed by atoms with E-state index in [9.17, 15) is 14.7 Å². The molecule has 0 spiro atoms. The van der Waals surface area contributed by atoms with Gasteiger partial charge in [0.25, 0.3) is 0 Å². The van der Waals surface area contributed by atoms with Crippen molar-refractivity contribution < 1.29 is 19.4 Å². The van der Waals surface area contributed by atoms with Gasteiger partial charge in [0.05, 0.1) is 17.7 Å². The summed E-state index contributed by atoms with van der Waals surface area (Å²) in [7, 11) is 0. The lowest BCUT2D eigenvalue weighted by Crippen LogP contribution is -2.08. The first-order chi connectivity index (χ1) is 16.4. The lowest BCUT2D eigenvalue weighted by atomic mass is 9.98. The highest BCUT2D eigenvalue weighted by Crippen LogP contribution is 2.29. The van der Waals surface area contributed by atoms with Crippen LogP contribution in [0.4, 0.5) is 0 Å². The van der Waals surface area contributed by atoms with Crippen LogP contribution in [-0.2, 0) is 11.3 Å². The zero-order chi connectivity index (χ0) is 24.2. The molecule has 4 rings (SSSR count). The summed E-state index contributed by atoms with van der Waals surface area (Å²) in [6.45, 7) is 7.25. The van der Waals surface area contributed by atoms with Gasteiger partial charge in [-0.1, -0.05) is 55.8 Å². The fourth-order valence-electron chi connectivity index (χ4n) is 4.26. The van der Waals surface area contributed by atoms with Crippen molar-refractivity contribution in [1.82, 2.24) is 4.57 Å². The fourth-order valence-corrected chi connectivity index (χ4v) is 4.26. The largest absolute Gasteiger partial charge is 0.478 e. The summed E-state index contributed by atoms with van der Waals surface area (Å²) in [5, 5.41) is 10.3. The lowest BCUT2D eigenvalue weighted by molar-refractivity contribution is 0.0500. The van der Waals surface area contributed by atoms with E-state index in [1.54, 1.807) is 18.2 Å². The van der Waals surface area contributed by atoms with E-state index >= 15 is 0 Å². The molecule has 0 radical (unpaired) electrons. The Morgan fingerprint density at radius 3 is 2.41 bits per heavy atom. The Hall–Kier alpha value is -3.86. The summed E-state index contributed by atoms with van der Waals surface area (Å²) in [6, 6.07) is 21.0. The number of carboxylic acid groups (broad SMARTS) is 1. The van der Waals surface area contributed by atoms with Crippen LogP contribution in [0, 0.1) is 13.8 Å². The van der Waals surface area contributed by atoms with Crippen LogP contribution >= 0.6 is 0 Å². The number of hydrogen-bond donors (Lipinski definition) is 1. The van der Waals surface area contributed by atoms with Crippen molar-refractivity contribution >= 4 is 22.8 Å². The van der Waals surface area contributed by atoms with Crippen LogP contribution in [0.5, 0.6) is 0 Å². The molecule has 4 aromatic rings. The Labute approximate surface area is 199 Å². The molecular weight excluding hydrogens is 426 g/mol. The fraction of sp³-hybridized carbons (Fsp3) is 0.241. The molecule has 1 aromatic heterocycles. The minimum atomic E-state index is -0.920. The van der Waals surface area contributed by atoms with Crippen molar-refractivity contribution in [3.8, 4) is 11.1 Å². The molecule has 0 aliphatic rings. The van der Waals surface area contributed by atoms with Crippen molar-refractivity contribution in [2.24, 2.45) is 0 Å². The van der Waals surface area contributed by atoms with Crippen molar-refractivity contribution in [2.45, 2.75) is 40.2 Å². The van der Waals surface area contributed by atoms with Crippen LogP contribution in [0.1, 0.15) is 57.3 Å². The Bertz CT molecular complexity index is 1350. The van der Waals surface area contributed by atoms with Gasteiger partial charge >= 0.3 is 11.9 Å². The van der Waals surface area contributed by atoms with E-state index in [1.165, 1.54) is 0 Å². The number of hydrogen-bond acceptors (Lipinski definition) is 3. The third kappa shape index (κ3) is 4.60. The highest BCUT2D eigenvalue weighted by Gasteiger charge is 2.15. The highest BCUT2D eigenvalue weighted by molar-refractivity contribution is 5.97. The molecule has 3 aromatic carbocycles. The molecule has 34 heavy (non-hydrogen) atoms. The van der Waals surface area contributed by atoms with Crippen LogP contribution in [0.15, 0.2) is 66.7 Å². The van der Waals surface area contributed by atoms with Crippen LogP contribution < -0.4 is 0 Å². The van der Waals surface area contributed by atoms with Gasteiger partial charge < -0.3 is 14.4 Å². The van der Waals surface area contributed by atoms with Gasteiger partial charge in [-0.25, -0.2) is 9.59 Å². The van der Waals surface area contributed by atoms with Crippen LogP contribution in [0.3, 0.4) is 0 Å². The number of carboxylic acids is 1. The Morgan fingerprint density at radius 1 is 0.971 bits per heavy atom. The SMILES string of the molecule is CCCCOC(=O)c1ccccc1-c1ccc(Cn2c(C)c(C)c3cc(C(=O)O)ccc32)cc1. The second-order valence-electron chi connectivity index (χ2n) is 8.57. The molecule has 0 bridgehead atoms. The van der Waals surface area contributed by atoms with Gasteiger partial charge in [-0.3, -0.25) is 0 Å². The summed E-state index contributed by atoms with van der Waals surface area (Å²) in [6.07, 6.45) is 1.83. The average molecular weight is 456 g/mol. The molecule has 0 amide bonds. The van der Waals surface area contributed by atoms with Gasteiger partial charge in [0.1, 0.15) is 0 Å². The Balaban J connectivity index is 1.61. The van der Waals surface area contributed by atoms with E-state index in [-0.39, 0.29) is 5.97 Å². The normalized spacial score (nSPS) is 11.0. The standard InChI is InChI=1S/C29H29NO4/c1-4-5-16-34-29(33)25-9-7-6-8-24(25)22-12-10-21(11-13-22)18-30-20(3)19(2)26-17-23(28(31)32)14-15-27(26)30/h6-15,17H,4-5,16,18H2,1-3H3,(H,31,32). The smallest absolute Gasteiger partial charge is 0.338 e. The first-order valence-electron chi connectivity index (χ1n) is 11.6. The summed E-state index contributed by atoms with van der Waals surface area (Å²) < 4.78 is 7.65. The summed E-state index contributed by atoms with van der Waals surface area (Å²) in [4.78, 5) is 24.0. The van der Waals surface area contributed by atoms with Crippen molar-refractivity contribution in [3.63, 3.8) is 0 Å². The maximum absolute atomic E-state index is 12.6. The second kappa shape index (κ2) is 9.96. The quantitative estimate of drug-likeness (QED) is 0.239. The number of aryl methyl sites for hydroxylation is 1. The zero-order valence-electron chi connectivity index (χ0n) is 19.8. The molecule has 0 saturated carbocycles. The number of carbonyl (C=O) groups is 2. The van der Waals surface area contributed by atoms with E-state index in [4.69, 9.17) is 4.74 Å². The predicted octanol–water partition coefficient (Wildman–Crippen LogP) is 6.63. The number of nitrogens with zero attached hydrogens (tertiary/aromatic N) is 1. The average Bonchev–Trinajstić information content (AvgIpc) is 3.09. The molecule has 0 saturated heterocycles. The van der Waals surface area contributed by atoms with E-state index in [0.717, 1.165) is 51.7 Å². The van der Waals surface area contributed by atoms with E-state index < -0.39 is 5.97 Å². The first kappa shape index (κ1) is 23.3. The Kier molecular flexibility index (Phi) is 6.82. The molecule has 1 N–H and O–H groups in total. The monoisotopic (exact) mass is 455 g/mol. The first-order valence-corrected chi connectivity index (χ1v) is 11.6. The second-order valence-corrected chi connectivity index (χ2v) is 8.57. The minimum Gasteiger partial charge on any atom is -0.478 e. The van der Waals surface area contributed by atoms with E-state index in [2.05, 4.69) is 30.5 Å². The van der Waals surface area contributed by atoms with Gasteiger partial charge in [0.15, 0.2) is 0 Å². The van der Waals surface area contributed by atoms with Crippen molar-refractivity contribution in [1.29, 1.82) is 0 Å². The molecule has 0 fully saturated rings. The minimum absolute atomic E-state index is 0.293. The van der Waals surface area contributed by atoms with Gasteiger partial charge in [-0.2, -0.15) is 0 Å².